The summed E-state index contributed by atoms with van der Waals surface area (Å²) < 4.78 is 26.6. The van der Waals surface area contributed by atoms with E-state index in [4.69, 9.17) is 10.8 Å². The summed E-state index contributed by atoms with van der Waals surface area (Å²) in [4.78, 5) is 33.0. The Morgan fingerprint density at radius 3 is 2.25 bits per heavy atom. The molecular weight excluding hydrogens is 274 g/mol. The van der Waals surface area contributed by atoms with Gasteiger partial charge in [-0.25, -0.2) is 13.6 Å². The van der Waals surface area contributed by atoms with Gasteiger partial charge in [0.2, 0.25) is 11.8 Å². The maximum atomic E-state index is 13.3. The molecular formula is C12H12F2N2O4. The molecule has 0 heterocycles. The van der Waals surface area contributed by atoms with E-state index in [0.717, 1.165) is 18.2 Å². The minimum atomic E-state index is -1.53. The molecule has 2 amide bonds. The third-order valence-corrected chi connectivity index (χ3v) is 2.44. The Kier molecular flexibility index (Phi) is 5.13. The first-order chi connectivity index (χ1) is 9.31. The van der Waals surface area contributed by atoms with Gasteiger partial charge >= 0.3 is 5.97 Å². The van der Waals surface area contributed by atoms with Crippen LogP contribution in [0.1, 0.15) is 12.0 Å². The molecule has 0 unspecified atom stereocenters. The van der Waals surface area contributed by atoms with Crippen molar-refractivity contribution in [1.82, 2.24) is 5.32 Å². The van der Waals surface area contributed by atoms with Crippen molar-refractivity contribution in [2.24, 2.45) is 5.73 Å². The van der Waals surface area contributed by atoms with Crippen molar-refractivity contribution in [2.75, 3.05) is 0 Å². The van der Waals surface area contributed by atoms with Crippen LogP contribution in [0.15, 0.2) is 18.2 Å². The molecule has 0 saturated heterocycles. The fraction of sp³-hybridized carbons (Fsp3) is 0.250. The van der Waals surface area contributed by atoms with E-state index in [1.807, 2.05) is 5.32 Å². The normalized spacial score (nSPS) is 11.7. The molecule has 0 radical (unpaired) electrons. The number of carboxylic acid groups (broad SMARTS) is 1. The Labute approximate surface area is 112 Å². The van der Waals surface area contributed by atoms with Crippen LogP contribution in [0.25, 0.3) is 0 Å². The molecule has 1 rings (SSSR count). The summed E-state index contributed by atoms with van der Waals surface area (Å²) in [5, 5.41) is 10.8. The molecule has 1 aromatic carbocycles. The summed E-state index contributed by atoms with van der Waals surface area (Å²) in [7, 11) is 0. The molecule has 108 valence electrons. The van der Waals surface area contributed by atoms with Gasteiger partial charge in [-0.1, -0.05) is 6.07 Å². The van der Waals surface area contributed by atoms with E-state index in [1.165, 1.54) is 0 Å². The number of rotatable bonds is 6. The predicted molar refractivity (Wildman–Crippen MR) is 63.4 cm³/mol. The van der Waals surface area contributed by atoms with E-state index in [-0.39, 0.29) is 0 Å². The summed E-state index contributed by atoms with van der Waals surface area (Å²) in [6.07, 6.45) is -1.29. The van der Waals surface area contributed by atoms with Crippen molar-refractivity contribution in [3.8, 4) is 0 Å². The third kappa shape index (κ3) is 4.30. The molecule has 0 spiro atoms. The fourth-order valence-corrected chi connectivity index (χ4v) is 1.51. The number of benzene rings is 1. The SMILES string of the molecule is NC(=O)C[C@@H](NC(=O)Cc1c(F)cccc1F)C(=O)O. The number of halogens is 2. The highest BCUT2D eigenvalue weighted by Gasteiger charge is 2.23. The predicted octanol–water partition coefficient (Wildman–Crippen LogP) is -0.0479. The fourth-order valence-electron chi connectivity index (χ4n) is 1.51. The van der Waals surface area contributed by atoms with Crippen LogP contribution >= 0.6 is 0 Å². The van der Waals surface area contributed by atoms with E-state index in [0.29, 0.717) is 0 Å². The first kappa shape index (κ1) is 15.5. The van der Waals surface area contributed by atoms with Crippen LogP contribution in [0, 0.1) is 11.6 Å². The van der Waals surface area contributed by atoms with Crippen LogP contribution in [0.4, 0.5) is 8.78 Å². The lowest BCUT2D eigenvalue weighted by Crippen LogP contribution is -2.44. The molecule has 0 fully saturated rings. The van der Waals surface area contributed by atoms with Crippen molar-refractivity contribution < 1.29 is 28.3 Å². The van der Waals surface area contributed by atoms with E-state index in [9.17, 15) is 23.2 Å². The van der Waals surface area contributed by atoms with Gasteiger partial charge in [-0.05, 0) is 12.1 Å². The van der Waals surface area contributed by atoms with Crippen LogP contribution < -0.4 is 11.1 Å². The molecule has 1 aromatic rings. The Morgan fingerprint density at radius 2 is 1.80 bits per heavy atom. The van der Waals surface area contributed by atoms with Crippen LogP contribution in [0.5, 0.6) is 0 Å². The molecule has 8 heteroatoms. The molecule has 0 bridgehead atoms. The summed E-state index contributed by atoms with van der Waals surface area (Å²) >= 11 is 0. The van der Waals surface area contributed by atoms with Crippen molar-refractivity contribution in [2.45, 2.75) is 18.9 Å². The number of hydrogen-bond acceptors (Lipinski definition) is 3. The molecule has 0 saturated carbocycles. The van der Waals surface area contributed by atoms with E-state index in [2.05, 4.69) is 0 Å². The molecule has 1 atom stereocenters. The monoisotopic (exact) mass is 286 g/mol. The minimum absolute atomic E-state index is 0.479. The van der Waals surface area contributed by atoms with Gasteiger partial charge in [0.05, 0.1) is 12.8 Å². The lowest BCUT2D eigenvalue weighted by Gasteiger charge is -2.13. The lowest BCUT2D eigenvalue weighted by atomic mass is 10.1. The zero-order chi connectivity index (χ0) is 15.3. The zero-order valence-electron chi connectivity index (χ0n) is 10.2. The Hall–Kier alpha value is -2.51. The smallest absolute Gasteiger partial charge is 0.326 e. The number of nitrogens with two attached hydrogens (primary N) is 1. The number of amides is 2. The van der Waals surface area contributed by atoms with Gasteiger partial charge in [-0.3, -0.25) is 9.59 Å². The molecule has 0 aliphatic carbocycles. The zero-order valence-corrected chi connectivity index (χ0v) is 10.2. The molecule has 4 N–H and O–H groups in total. The van der Waals surface area contributed by atoms with Crippen molar-refractivity contribution in [1.29, 1.82) is 0 Å². The second-order valence-electron chi connectivity index (χ2n) is 4.01. The average Bonchev–Trinajstić information content (AvgIpc) is 2.32. The quantitative estimate of drug-likeness (QED) is 0.681. The van der Waals surface area contributed by atoms with Crippen LogP contribution in [0.2, 0.25) is 0 Å². The average molecular weight is 286 g/mol. The number of nitrogens with one attached hydrogen (secondary N) is 1. The standard InChI is InChI=1S/C12H12F2N2O4/c13-7-2-1-3-8(14)6(7)4-11(18)16-9(12(19)20)5-10(15)17/h1-3,9H,4-5H2,(H2,15,17)(H,16,18)(H,19,20)/t9-/m1/s1. The maximum Gasteiger partial charge on any atom is 0.326 e. The van der Waals surface area contributed by atoms with Crippen LogP contribution in [-0.4, -0.2) is 28.9 Å². The highest BCUT2D eigenvalue weighted by Crippen LogP contribution is 2.12. The summed E-state index contributed by atoms with van der Waals surface area (Å²) in [6.45, 7) is 0. The molecule has 20 heavy (non-hydrogen) atoms. The molecule has 0 aliphatic rings. The van der Waals surface area contributed by atoms with Crippen LogP contribution in [0.3, 0.4) is 0 Å². The van der Waals surface area contributed by atoms with Gasteiger partial charge in [-0.2, -0.15) is 0 Å². The van der Waals surface area contributed by atoms with Gasteiger partial charge in [0.15, 0.2) is 0 Å². The number of hydrogen-bond donors (Lipinski definition) is 3. The number of aliphatic carboxylic acids is 1. The number of carbonyl (C=O) groups is 3. The van der Waals surface area contributed by atoms with Gasteiger partial charge in [0, 0.05) is 5.56 Å². The maximum absolute atomic E-state index is 13.3. The summed E-state index contributed by atoms with van der Waals surface area (Å²) in [6, 6.07) is 1.56. The van der Waals surface area contributed by atoms with Crippen LogP contribution in [-0.2, 0) is 20.8 Å². The first-order valence-corrected chi connectivity index (χ1v) is 5.54. The Bertz CT molecular complexity index is 528. The second kappa shape index (κ2) is 6.60. The van der Waals surface area contributed by atoms with E-state index in [1.54, 1.807) is 0 Å². The molecule has 0 aliphatic heterocycles. The van der Waals surface area contributed by atoms with Crippen molar-refractivity contribution in [3.63, 3.8) is 0 Å². The second-order valence-corrected chi connectivity index (χ2v) is 4.01. The highest BCUT2D eigenvalue weighted by atomic mass is 19.1. The van der Waals surface area contributed by atoms with Gasteiger partial charge in [0.25, 0.3) is 0 Å². The van der Waals surface area contributed by atoms with Crippen molar-refractivity contribution >= 4 is 17.8 Å². The van der Waals surface area contributed by atoms with Gasteiger partial charge in [-0.15, -0.1) is 0 Å². The van der Waals surface area contributed by atoms with Gasteiger partial charge in [0.1, 0.15) is 17.7 Å². The Morgan fingerprint density at radius 1 is 1.25 bits per heavy atom. The topological polar surface area (TPSA) is 109 Å². The third-order valence-electron chi connectivity index (χ3n) is 2.44. The largest absolute Gasteiger partial charge is 0.480 e. The number of carbonyl (C=O) groups excluding carboxylic acids is 2. The minimum Gasteiger partial charge on any atom is -0.480 e. The number of carboxylic acids is 1. The van der Waals surface area contributed by atoms with Crippen molar-refractivity contribution in [3.05, 3.63) is 35.4 Å². The Balaban J connectivity index is 2.76. The molecule has 6 nitrogen and oxygen atoms in total. The van der Waals surface area contributed by atoms with E-state index >= 15 is 0 Å². The lowest BCUT2D eigenvalue weighted by molar-refractivity contribution is -0.143. The van der Waals surface area contributed by atoms with E-state index < -0.39 is 53.9 Å². The molecule has 0 aromatic heterocycles. The summed E-state index contributed by atoms with van der Waals surface area (Å²) in [5.41, 5.74) is 4.36. The highest BCUT2D eigenvalue weighted by molar-refractivity contribution is 5.88. The first-order valence-electron chi connectivity index (χ1n) is 5.54. The summed E-state index contributed by atoms with van der Waals surface area (Å²) in [5.74, 6) is -5.15. The number of primary amides is 1. The van der Waals surface area contributed by atoms with Gasteiger partial charge < -0.3 is 16.2 Å².